The SMILES string of the molecule is CCc1cccc(N2CCN(CCC3CC(NC(=O)N4CC(OC)C4)C3)CC2)c1C. The summed E-state index contributed by atoms with van der Waals surface area (Å²) in [5.74, 6) is 0.764. The molecule has 1 N–H and O–H groups in total. The zero-order chi connectivity index (χ0) is 21.1. The molecule has 166 valence electrons. The molecule has 3 aliphatic rings. The van der Waals surface area contributed by atoms with Gasteiger partial charge in [-0.05, 0) is 62.3 Å². The van der Waals surface area contributed by atoms with Crippen molar-refractivity contribution in [1.82, 2.24) is 15.1 Å². The van der Waals surface area contributed by atoms with Crippen LogP contribution in [0, 0.1) is 12.8 Å². The van der Waals surface area contributed by atoms with Crippen LogP contribution in [0.15, 0.2) is 18.2 Å². The molecule has 1 saturated carbocycles. The maximum absolute atomic E-state index is 12.2. The third-order valence-electron chi connectivity index (χ3n) is 7.40. The molecular formula is C24H38N4O2. The number of methoxy groups -OCH3 is 1. The van der Waals surface area contributed by atoms with Crippen LogP contribution in [-0.2, 0) is 11.2 Å². The van der Waals surface area contributed by atoms with Gasteiger partial charge in [0.2, 0.25) is 0 Å². The Labute approximate surface area is 181 Å². The number of ether oxygens (including phenoxy) is 1. The molecular weight excluding hydrogens is 376 g/mol. The molecule has 0 bridgehead atoms. The standard InChI is InChI=1S/C24H38N4O2/c1-4-20-6-5-7-23(18(20)2)27-12-10-26(11-13-27)9-8-19-14-21(15-19)25-24(29)28-16-22(17-28)30-3/h5-7,19,21-22H,4,8-17H2,1-3H3,(H,25,29). The van der Waals surface area contributed by atoms with E-state index in [2.05, 4.69) is 47.2 Å². The minimum Gasteiger partial charge on any atom is -0.378 e. The Hall–Kier alpha value is -1.79. The summed E-state index contributed by atoms with van der Waals surface area (Å²) in [5, 5.41) is 3.18. The number of amides is 2. The predicted molar refractivity (Wildman–Crippen MR) is 121 cm³/mol. The van der Waals surface area contributed by atoms with E-state index in [0.717, 1.165) is 64.4 Å². The van der Waals surface area contributed by atoms with Gasteiger partial charge in [-0.25, -0.2) is 4.79 Å². The van der Waals surface area contributed by atoms with E-state index in [9.17, 15) is 4.79 Å². The molecule has 3 fully saturated rings. The fraction of sp³-hybridized carbons (Fsp3) is 0.708. The van der Waals surface area contributed by atoms with Gasteiger partial charge in [-0.1, -0.05) is 19.1 Å². The molecule has 2 aliphatic heterocycles. The van der Waals surface area contributed by atoms with Crippen LogP contribution in [0.2, 0.25) is 0 Å². The monoisotopic (exact) mass is 414 g/mol. The van der Waals surface area contributed by atoms with Crippen molar-refractivity contribution in [3.63, 3.8) is 0 Å². The lowest BCUT2D eigenvalue weighted by Gasteiger charge is -2.42. The van der Waals surface area contributed by atoms with Gasteiger partial charge in [0.1, 0.15) is 0 Å². The summed E-state index contributed by atoms with van der Waals surface area (Å²) in [6.45, 7) is 11.7. The molecule has 6 nitrogen and oxygen atoms in total. The third-order valence-corrected chi connectivity index (χ3v) is 7.40. The number of hydrogen-bond acceptors (Lipinski definition) is 4. The molecule has 0 unspecified atom stereocenters. The average molecular weight is 415 g/mol. The topological polar surface area (TPSA) is 48.0 Å². The van der Waals surface area contributed by atoms with Crippen molar-refractivity contribution in [2.45, 2.75) is 51.7 Å². The predicted octanol–water partition coefficient (Wildman–Crippen LogP) is 2.89. The van der Waals surface area contributed by atoms with Crippen LogP contribution in [0.3, 0.4) is 0 Å². The zero-order valence-corrected chi connectivity index (χ0v) is 18.9. The molecule has 4 rings (SSSR count). The number of urea groups is 1. The van der Waals surface area contributed by atoms with E-state index < -0.39 is 0 Å². The minimum atomic E-state index is 0.0882. The summed E-state index contributed by atoms with van der Waals surface area (Å²) in [6.07, 6.45) is 4.86. The number of likely N-dealkylation sites (tertiary alicyclic amines) is 1. The van der Waals surface area contributed by atoms with Crippen LogP contribution in [0.1, 0.15) is 37.3 Å². The van der Waals surface area contributed by atoms with Crippen molar-refractivity contribution >= 4 is 11.7 Å². The number of piperazine rings is 1. The molecule has 2 amide bonds. The van der Waals surface area contributed by atoms with Crippen LogP contribution in [-0.4, -0.2) is 80.9 Å². The first-order valence-corrected chi connectivity index (χ1v) is 11.7. The lowest BCUT2D eigenvalue weighted by molar-refractivity contribution is -0.00934. The summed E-state index contributed by atoms with van der Waals surface area (Å²) in [7, 11) is 1.71. The quantitative estimate of drug-likeness (QED) is 0.745. The summed E-state index contributed by atoms with van der Waals surface area (Å²) in [5.41, 5.74) is 4.34. The number of nitrogens with zero attached hydrogens (tertiary/aromatic N) is 3. The summed E-state index contributed by atoms with van der Waals surface area (Å²) < 4.78 is 5.24. The fourth-order valence-electron chi connectivity index (χ4n) is 5.08. The first kappa shape index (κ1) is 21.4. The molecule has 30 heavy (non-hydrogen) atoms. The van der Waals surface area contributed by atoms with E-state index in [-0.39, 0.29) is 12.1 Å². The highest BCUT2D eigenvalue weighted by Gasteiger charge is 2.35. The molecule has 0 spiro atoms. The Morgan fingerprint density at radius 1 is 1.17 bits per heavy atom. The zero-order valence-electron chi connectivity index (χ0n) is 18.9. The third kappa shape index (κ3) is 4.75. The highest BCUT2D eigenvalue weighted by molar-refractivity contribution is 5.75. The van der Waals surface area contributed by atoms with E-state index >= 15 is 0 Å². The smallest absolute Gasteiger partial charge is 0.317 e. The molecule has 2 saturated heterocycles. The molecule has 6 heteroatoms. The van der Waals surface area contributed by atoms with Gasteiger partial charge >= 0.3 is 6.03 Å². The van der Waals surface area contributed by atoms with Gasteiger partial charge in [0.05, 0.1) is 19.2 Å². The van der Waals surface area contributed by atoms with Gasteiger partial charge in [0.15, 0.2) is 0 Å². The van der Waals surface area contributed by atoms with Crippen molar-refractivity contribution in [2.24, 2.45) is 5.92 Å². The number of carbonyl (C=O) groups is 1. The molecule has 1 aliphatic carbocycles. The van der Waals surface area contributed by atoms with Crippen molar-refractivity contribution in [3.8, 4) is 0 Å². The van der Waals surface area contributed by atoms with Crippen molar-refractivity contribution in [1.29, 1.82) is 0 Å². The molecule has 1 aromatic rings. The van der Waals surface area contributed by atoms with E-state index in [1.165, 1.54) is 29.8 Å². The van der Waals surface area contributed by atoms with Gasteiger partial charge in [0, 0.05) is 45.0 Å². The van der Waals surface area contributed by atoms with Crippen LogP contribution >= 0.6 is 0 Å². The van der Waals surface area contributed by atoms with E-state index in [4.69, 9.17) is 4.74 Å². The van der Waals surface area contributed by atoms with Crippen LogP contribution in [0.25, 0.3) is 0 Å². The molecule has 2 heterocycles. The second-order valence-electron chi connectivity index (χ2n) is 9.28. The Balaban J connectivity index is 1.12. The van der Waals surface area contributed by atoms with Crippen molar-refractivity contribution in [3.05, 3.63) is 29.3 Å². The van der Waals surface area contributed by atoms with Gasteiger partial charge < -0.3 is 19.9 Å². The number of carbonyl (C=O) groups excluding carboxylic acids is 1. The summed E-state index contributed by atoms with van der Waals surface area (Å²) in [4.78, 5) is 19.2. The molecule has 0 radical (unpaired) electrons. The van der Waals surface area contributed by atoms with E-state index in [0.29, 0.717) is 6.04 Å². The molecule has 0 aromatic heterocycles. The Morgan fingerprint density at radius 3 is 2.57 bits per heavy atom. The average Bonchev–Trinajstić information content (AvgIpc) is 2.69. The lowest BCUT2D eigenvalue weighted by Crippen LogP contribution is -2.60. The fourth-order valence-corrected chi connectivity index (χ4v) is 5.08. The Morgan fingerprint density at radius 2 is 1.90 bits per heavy atom. The van der Waals surface area contributed by atoms with Gasteiger partial charge in [-0.3, -0.25) is 4.90 Å². The van der Waals surface area contributed by atoms with E-state index in [1.54, 1.807) is 7.11 Å². The number of rotatable bonds is 7. The van der Waals surface area contributed by atoms with Crippen molar-refractivity contribution < 1.29 is 9.53 Å². The van der Waals surface area contributed by atoms with Gasteiger partial charge in [0.25, 0.3) is 0 Å². The number of benzene rings is 1. The van der Waals surface area contributed by atoms with Gasteiger partial charge in [-0.2, -0.15) is 0 Å². The molecule has 1 aromatic carbocycles. The second kappa shape index (κ2) is 9.56. The largest absolute Gasteiger partial charge is 0.378 e. The second-order valence-corrected chi connectivity index (χ2v) is 9.28. The van der Waals surface area contributed by atoms with Gasteiger partial charge in [-0.15, -0.1) is 0 Å². The highest BCUT2D eigenvalue weighted by atomic mass is 16.5. The normalized spacial score (nSPS) is 25.0. The Kier molecular flexibility index (Phi) is 6.84. The maximum Gasteiger partial charge on any atom is 0.317 e. The maximum atomic E-state index is 12.2. The van der Waals surface area contributed by atoms with Crippen molar-refractivity contribution in [2.75, 3.05) is 57.8 Å². The Bertz CT molecular complexity index is 720. The number of nitrogens with one attached hydrogen (secondary N) is 1. The van der Waals surface area contributed by atoms with Crippen LogP contribution < -0.4 is 10.2 Å². The summed E-state index contributed by atoms with van der Waals surface area (Å²) >= 11 is 0. The van der Waals surface area contributed by atoms with E-state index in [1.807, 2.05) is 4.90 Å². The number of aryl methyl sites for hydroxylation is 1. The van der Waals surface area contributed by atoms with Crippen LogP contribution in [0.4, 0.5) is 10.5 Å². The first-order chi connectivity index (χ1) is 14.6. The lowest BCUT2D eigenvalue weighted by atomic mass is 9.78. The highest BCUT2D eigenvalue weighted by Crippen LogP contribution is 2.31. The molecule has 0 atom stereocenters. The van der Waals surface area contributed by atoms with Crippen LogP contribution in [0.5, 0.6) is 0 Å². The first-order valence-electron chi connectivity index (χ1n) is 11.7. The number of anilines is 1. The number of hydrogen-bond donors (Lipinski definition) is 1. The summed E-state index contributed by atoms with van der Waals surface area (Å²) in [6, 6.07) is 7.20. The minimum absolute atomic E-state index is 0.0882.